The summed E-state index contributed by atoms with van der Waals surface area (Å²) in [6.45, 7) is 2.29. The number of halogens is 3. The average molecular weight is 676 g/mol. The summed E-state index contributed by atoms with van der Waals surface area (Å²) in [4.78, 5) is 16.8. The molecule has 2 heterocycles. The number of nitrogens with zero attached hydrogens (tertiary/aromatic N) is 4. The number of thioether (sulfide) groups is 1. The fraction of sp³-hybridized carbons (Fsp3) is 0.235. The lowest BCUT2D eigenvalue weighted by Crippen LogP contribution is -2.43. The van der Waals surface area contributed by atoms with Crippen molar-refractivity contribution in [1.29, 1.82) is 5.26 Å². The Bertz CT molecular complexity index is 1970. The Balaban J connectivity index is 1.10. The van der Waals surface area contributed by atoms with Gasteiger partial charge in [0.15, 0.2) is 6.29 Å². The Hall–Kier alpha value is -4.38. The first-order valence-corrected chi connectivity index (χ1v) is 15.9. The molecule has 4 aromatic carbocycles. The van der Waals surface area contributed by atoms with Crippen LogP contribution in [0, 0.1) is 23.0 Å². The van der Waals surface area contributed by atoms with Crippen LogP contribution in [-0.4, -0.2) is 49.5 Å². The Labute approximate surface area is 278 Å². The van der Waals surface area contributed by atoms with Crippen molar-refractivity contribution in [3.63, 3.8) is 0 Å². The number of aliphatic hydroxyl groups is 1. The molecule has 0 saturated carbocycles. The molecular weight excluding hydrogens is 648 g/mol. The van der Waals surface area contributed by atoms with Crippen LogP contribution in [0.2, 0.25) is 5.02 Å². The van der Waals surface area contributed by atoms with E-state index < -0.39 is 28.8 Å². The zero-order valence-electron chi connectivity index (χ0n) is 24.9. The number of rotatable bonds is 9. The molecule has 47 heavy (non-hydrogen) atoms. The van der Waals surface area contributed by atoms with Gasteiger partial charge >= 0.3 is 0 Å². The van der Waals surface area contributed by atoms with Gasteiger partial charge in [-0.2, -0.15) is 10.4 Å². The molecule has 2 N–H and O–H groups in total. The summed E-state index contributed by atoms with van der Waals surface area (Å²) >= 11 is 7.47. The summed E-state index contributed by atoms with van der Waals surface area (Å²) in [6, 6.07) is 20.8. The zero-order chi connectivity index (χ0) is 33.1. The first-order valence-electron chi connectivity index (χ1n) is 14.6. The van der Waals surface area contributed by atoms with Gasteiger partial charge in [-0.05, 0) is 53.2 Å². The van der Waals surface area contributed by atoms with Crippen molar-refractivity contribution in [3.05, 3.63) is 124 Å². The summed E-state index contributed by atoms with van der Waals surface area (Å²) in [6.07, 6.45) is 2.12. The van der Waals surface area contributed by atoms with E-state index >= 15 is 0 Å². The van der Waals surface area contributed by atoms with Crippen LogP contribution >= 0.6 is 23.4 Å². The van der Waals surface area contributed by atoms with E-state index in [1.165, 1.54) is 41.2 Å². The lowest BCUT2D eigenvalue weighted by atomic mass is 9.90. The van der Waals surface area contributed by atoms with Crippen LogP contribution in [0.4, 0.5) is 14.5 Å². The maximum absolute atomic E-state index is 14.9. The number of nitrogens with one attached hydrogen (secondary N) is 1. The number of benzene rings is 4. The lowest BCUT2D eigenvalue weighted by molar-refractivity contribution is -0.179. The third-order valence-corrected chi connectivity index (χ3v) is 9.72. The molecule has 2 unspecified atom stereocenters. The molecule has 1 fully saturated rings. The van der Waals surface area contributed by atoms with E-state index in [0.717, 1.165) is 28.5 Å². The quantitative estimate of drug-likeness (QED) is 0.179. The highest BCUT2D eigenvalue weighted by molar-refractivity contribution is 8.00. The predicted octanol–water partition coefficient (Wildman–Crippen LogP) is 6.61. The molecule has 5 aromatic rings. The molecule has 0 spiro atoms. The van der Waals surface area contributed by atoms with Gasteiger partial charge in [-0.3, -0.25) is 4.79 Å². The molecule has 13 heteroatoms. The van der Waals surface area contributed by atoms with E-state index in [9.17, 15) is 18.7 Å². The van der Waals surface area contributed by atoms with Crippen LogP contribution in [0.25, 0.3) is 10.8 Å². The van der Waals surface area contributed by atoms with Gasteiger partial charge < -0.3 is 19.9 Å². The van der Waals surface area contributed by atoms with Gasteiger partial charge in [-0.1, -0.05) is 42.8 Å². The monoisotopic (exact) mass is 675 g/mol. The van der Waals surface area contributed by atoms with Gasteiger partial charge in [0.25, 0.3) is 5.91 Å². The number of amides is 1. The van der Waals surface area contributed by atoms with Gasteiger partial charge in [-0.15, -0.1) is 11.8 Å². The van der Waals surface area contributed by atoms with Crippen molar-refractivity contribution in [2.24, 2.45) is 0 Å². The molecule has 6 rings (SSSR count). The minimum Gasteiger partial charge on any atom is -0.382 e. The highest BCUT2D eigenvalue weighted by Crippen LogP contribution is 2.40. The largest absolute Gasteiger partial charge is 0.382 e. The van der Waals surface area contributed by atoms with Crippen molar-refractivity contribution < 1.29 is 28.2 Å². The Morgan fingerprint density at radius 2 is 1.89 bits per heavy atom. The van der Waals surface area contributed by atoms with Crippen molar-refractivity contribution in [2.45, 2.75) is 35.9 Å². The average Bonchev–Trinajstić information content (AvgIpc) is 3.57. The van der Waals surface area contributed by atoms with Crippen molar-refractivity contribution >= 4 is 45.7 Å². The van der Waals surface area contributed by atoms with Crippen molar-refractivity contribution in [3.8, 4) is 6.07 Å². The number of hydrogen-bond donors (Lipinski definition) is 2. The zero-order valence-corrected chi connectivity index (χ0v) is 26.5. The minimum atomic E-state index is -1.74. The number of carbonyl (C=O) groups excluding carboxylic acids is 1. The summed E-state index contributed by atoms with van der Waals surface area (Å²) < 4.78 is 42.2. The van der Waals surface area contributed by atoms with E-state index in [4.69, 9.17) is 26.3 Å². The van der Waals surface area contributed by atoms with Crippen LogP contribution < -0.4 is 5.32 Å². The normalized spacial score (nSPS) is 18.3. The van der Waals surface area contributed by atoms with Crippen LogP contribution in [-0.2, 0) is 21.6 Å². The summed E-state index contributed by atoms with van der Waals surface area (Å²) in [5.74, 6) is -1.90. The molecule has 2 atom stereocenters. The molecule has 0 radical (unpaired) electrons. The van der Waals surface area contributed by atoms with Crippen LogP contribution in [0.1, 0.15) is 40.3 Å². The number of aromatic nitrogens is 3. The molecular formula is C34H28ClF2N5O4S. The van der Waals surface area contributed by atoms with Gasteiger partial charge in [-0.25, -0.2) is 18.4 Å². The number of anilines is 1. The van der Waals surface area contributed by atoms with E-state index in [0.29, 0.717) is 30.0 Å². The molecule has 1 aliphatic rings. The van der Waals surface area contributed by atoms with Gasteiger partial charge in [0, 0.05) is 33.7 Å². The van der Waals surface area contributed by atoms with E-state index in [-0.39, 0.29) is 28.3 Å². The van der Waals surface area contributed by atoms with Gasteiger partial charge in [0.1, 0.15) is 36.0 Å². The third-order valence-electron chi connectivity index (χ3n) is 7.95. The predicted molar refractivity (Wildman–Crippen MR) is 174 cm³/mol. The van der Waals surface area contributed by atoms with E-state index in [1.54, 1.807) is 31.2 Å². The number of nitriles is 1. The van der Waals surface area contributed by atoms with Crippen LogP contribution in [0.15, 0.2) is 85.5 Å². The number of ether oxygens (including phenoxy) is 2. The summed E-state index contributed by atoms with van der Waals surface area (Å²) in [5.41, 5.74) is 0.278. The molecule has 1 saturated heterocycles. The fourth-order valence-corrected chi connectivity index (χ4v) is 6.97. The second-order valence-corrected chi connectivity index (χ2v) is 13.2. The highest BCUT2D eigenvalue weighted by Gasteiger charge is 2.41. The van der Waals surface area contributed by atoms with Crippen LogP contribution in [0.3, 0.4) is 0 Å². The molecule has 1 amide bonds. The van der Waals surface area contributed by atoms with Crippen LogP contribution in [0.5, 0.6) is 0 Å². The van der Waals surface area contributed by atoms with Gasteiger partial charge in [0.2, 0.25) is 0 Å². The number of hydrogen-bond acceptors (Lipinski definition) is 8. The van der Waals surface area contributed by atoms with E-state index in [2.05, 4.69) is 15.4 Å². The smallest absolute Gasteiger partial charge is 0.255 e. The highest BCUT2D eigenvalue weighted by atomic mass is 35.5. The fourth-order valence-electron chi connectivity index (χ4n) is 5.43. The minimum absolute atomic E-state index is 0.0413. The van der Waals surface area contributed by atoms with Crippen molar-refractivity contribution in [2.75, 3.05) is 18.5 Å². The summed E-state index contributed by atoms with van der Waals surface area (Å²) in [7, 11) is 0. The molecule has 0 bridgehead atoms. The molecule has 1 aromatic heterocycles. The first-order chi connectivity index (χ1) is 22.6. The summed E-state index contributed by atoms with van der Waals surface area (Å²) in [5, 5.41) is 29.0. The first kappa shape index (κ1) is 32.6. The number of fused-ring (bicyclic) bond motifs is 1. The maximum atomic E-state index is 14.9. The molecule has 1 aliphatic heterocycles. The third kappa shape index (κ3) is 7.15. The molecule has 0 aliphatic carbocycles. The molecule has 9 nitrogen and oxygen atoms in total. The lowest BCUT2D eigenvalue weighted by Gasteiger charge is -2.37. The molecule has 240 valence electrons. The van der Waals surface area contributed by atoms with Gasteiger partial charge in [0.05, 0.1) is 35.6 Å². The second-order valence-electron chi connectivity index (χ2n) is 11.1. The SMILES string of the molecule is CC(SC1COC(c2ccc3cc(C(=O)Nc4ccc(C#N)c(Cl)c4)ccc3c2)OC1)C(O)(Cn1cncn1)c1ccc(F)cc1F. The Morgan fingerprint density at radius 1 is 1.13 bits per heavy atom. The standard InChI is InChI=1S/C34H28ClF2N5O4S/c1-20(34(44,17-42-19-39-18-40-42)29-9-7-26(36)12-31(29)37)47-28-15-45-33(46-16-28)24-5-3-21-10-23(4-2-22(21)11-24)32(43)41-27-8-6-25(14-38)30(35)13-27/h2-13,18-20,28,33,44H,15-17H2,1H3,(H,41,43). The topological polar surface area (TPSA) is 122 Å². The Morgan fingerprint density at radius 3 is 2.60 bits per heavy atom. The van der Waals surface area contributed by atoms with Crippen molar-refractivity contribution in [1.82, 2.24) is 14.8 Å². The number of carbonyl (C=O) groups is 1. The second kappa shape index (κ2) is 13.8. The Kier molecular flexibility index (Phi) is 9.54. The maximum Gasteiger partial charge on any atom is 0.255 e. The van der Waals surface area contributed by atoms with E-state index in [1.807, 2.05) is 30.3 Å².